The van der Waals surface area contributed by atoms with Crippen molar-refractivity contribution in [3.05, 3.63) is 53.6 Å². The van der Waals surface area contributed by atoms with E-state index in [-0.39, 0.29) is 12.5 Å². The van der Waals surface area contributed by atoms with E-state index in [4.69, 9.17) is 14.7 Å². The van der Waals surface area contributed by atoms with Crippen LogP contribution in [-0.4, -0.2) is 19.1 Å². The van der Waals surface area contributed by atoms with E-state index >= 15 is 0 Å². The normalized spacial score (nSPS) is 13.6. The number of amides is 1. The zero-order chi connectivity index (χ0) is 16.2. The molecule has 0 aliphatic carbocycles. The van der Waals surface area contributed by atoms with Crippen molar-refractivity contribution >= 4 is 11.6 Å². The van der Waals surface area contributed by atoms with Crippen molar-refractivity contribution in [3.63, 3.8) is 0 Å². The van der Waals surface area contributed by atoms with E-state index < -0.39 is 0 Å². The van der Waals surface area contributed by atoms with E-state index in [0.717, 1.165) is 5.56 Å². The Morgan fingerprint density at radius 2 is 2.13 bits per heavy atom. The summed E-state index contributed by atoms with van der Waals surface area (Å²) in [5.41, 5.74) is 2.08. The van der Waals surface area contributed by atoms with Crippen LogP contribution in [0.2, 0.25) is 0 Å². The number of carbonyl (C=O) groups is 1. The molecule has 0 N–H and O–H groups in total. The molecule has 23 heavy (non-hydrogen) atoms. The van der Waals surface area contributed by atoms with Crippen molar-refractivity contribution in [1.29, 1.82) is 5.26 Å². The van der Waals surface area contributed by atoms with Crippen LogP contribution in [0, 0.1) is 11.3 Å². The number of nitriles is 1. The van der Waals surface area contributed by atoms with Gasteiger partial charge in [-0.25, -0.2) is 0 Å². The van der Waals surface area contributed by atoms with Crippen molar-refractivity contribution in [1.82, 2.24) is 0 Å². The lowest BCUT2D eigenvalue weighted by atomic mass is 10.1. The minimum Gasteiger partial charge on any atom is -0.490 e. The summed E-state index contributed by atoms with van der Waals surface area (Å²) in [6, 6.07) is 14.7. The molecular formula is C18H16N2O3. The molecule has 0 saturated carbocycles. The fourth-order valence-corrected chi connectivity index (χ4v) is 2.57. The molecule has 1 aliphatic rings. The maximum atomic E-state index is 12.4. The van der Waals surface area contributed by atoms with Crippen LogP contribution >= 0.6 is 0 Å². The second-order valence-electron chi connectivity index (χ2n) is 5.11. The van der Waals surface area contributed by atoms with E-state index in [2.05, 4.69) is 6.07 Å². The Kier molecular flexibility index (Phi) is 4.15. The first-order valence-electron chi connectivity index (χ1n) is 7.41. The molecule has 2 aromatic rings. The number of fused-ring (bicyclic) bond motifs is 1. The topological polar surface area (TPSA) is 62.6 Å². The molecule has 0 unspecified atom stereocenters. The highest BCUT2D eigenvalue weighted by Gasteiger charge is 2.25. The molecular weight excluding hydrogens is 292 g/mol. The zero-order valence-electron chi connectivity index (χ0n) is 12.8. The summed E-state index contributed by atoms with van der Waals surface area (Å²) in [5, 5.41) is 9.04. The molecule has 0 saturated heterocycles. The molecule has 0 atom stereocenters. The Bertz CT molecular complexity index is 780. The van der Waals surface area contributed by atoms with Crippen molar-refractivity contribution in [2.75, 3.05) is 18.1 Å². The molecule has 1 heterocycles. The second-order valence-corrected chi connectivity index (χ2v) is 5.11. The molecule has 116 valence electrons. The summed E-state index contributed by atoms with van der Waals surface area (Å²) in [7, 11) is 0. The Morgan fingerprint density at radius 3 is 2.91 bits per heavy atom. The maximum Gasteiger partial charge on any atom is 0.265 e. The third-order valence-corrected chi connectivity index (χ3v) is 3.62. The van der Waals surface area contributed by atoms with Crippen LogP contribution in [0.15, 0.2) is 42.5 Å². The van der Waals surface area contributed by atoms with Crippen LogP contribution in [0.1, 0.15) is 18.1 Å². The standard InChI is InChI=1S/C18H16N2O3/c1-2-22-16-8-4-6-14-11-20(17(21)12-23-18(14)16)15-7-3-5-13(9-15)10-19/h3-9H,2,11-12H2,1H3. The summed E-state index contributed by atoms with van der Waals surface area (Å²) < 4.78 is 11.2. The number of benzene rings is 2. The average molecular weight is 308 g/mol. The highest BCUT2D eigenvalue weighted by atomic mass is 16.5. The third-order valence-electron chi connectivity index (χ3n) is 3.62. The molecule has 0 fully saturated rings. The van der Waals surface area contributed by atoms with Crippen LogP contribution in [0.3, 0.4) is 0 Å². The summed E-state index contributed by atoms with van der Waals surface area (Å²) in [6.45, 7) is 2.75. The molecule has 0 spiro atoms. The fourth-order valence-electron chi connectivity index (χ4n) is 2.57. The Hall–Kier alpha value is -3.00. The van der Waals surface area contributed by atoms with Gasteiger partial charge in [0.1, 0.15) is 0 Å². The van der Waals surface area contributed by atoms with Crippen LogP contribution in [-0.2, 0) is 11.3 Å². The predicted molar refractivity (Wildman–Crippen MR) is 85.5 cm³/mol. The number of nitrogens with zero attached hydrogens (tertiary/aromatic N) is 2. The Balaban J connectivity index is 1.99. The van der Waals surface area contributed by atoms with Gasteiger partial charge in [0.25, 0.3) is 5.91 Å². The summed E-state index contributed by atoms with van der Waals surface area (Å²) >= 11 is 0. The van der Waals surface area contributed by atoms with Gasteiger partial charge in [0.2, 0.25) is 0 Å². The van der Waals surface area contributed by atoms with Crippen LogP contribution < -0.4 is 14.4 Å². The summed E-state index contributed by atoms with van der Waals surface area (Å²) in [5.74, 6) is 1.10. The van der Waals surface area contributed by atoms with Gasteiger partial charge in [0.15, 0.2) is 18.1 Å². The van der Waals surface area contributed by atoms with Gasteiger partial charge in [-0.3, -0.25) is 4.79 Å². The van der Waals surface area contributed by atoms with E-state index in [1.165, 1.54) is 0 Å². The van der Waals surface area contributed by atoms with Gasteiger partial charge < -0.3 is 14.4 Å². The molecule has 0 aromatic heterocycles. The molecule has 2 aromatic carbocycles. The zero-order valence-corrected chi connectivity index (χ0v) is 12.8. The van der Waals surface area contributed by atoms with E-state index in [1.54, 1.807) is 23.1 Å². The van der Waals surface area contributed by atoms with Crippen molar-refractivity contribution in [2.24, 2.45) is 0 Å². The molecule has 5 heteroatoms. The monoisotopic (exact) mass is 308 g/mol. The third kappa shape index (κ3) is 2.97. The van der Waals surface area contributed by atoms with Gasteiger partial charge in [-0.15, -0.1) is 0 Å². The van der Waals surface area contributed by atoms with Crippen LogP contribution in [0.5, 0.6) is 11.5 Å². The quantitative estimate of drug-likeness (QED) is 0.874. The van der Waals surface area contributed by atoms with Crippen molar-refractivity contribution in [2.45, 2.75) is 13.5 Å². The first kappa shape index (κ1) is 14.9. The highest BCUT2D eigenvalue weighted by molar-refractivity contribution is 5.95. The number of hydrogen-bond acceptors (Lipinski definition) is 4. The summed E-state index contributed by atoms with van der Waals surface area (Å²) in [4.78, 5) is 14.1. The molecule has 5 nitrogen and oxygen atoms in total. The van der Waals surface area contributed by atoms with Crippen molar-refractivity contribution in [3.8, 4) is 17.6 Å². The molecule has 1 aliphatic heterocycles. The minimum absolute atomic E-state index is 0.0616. The largest absolute Gasteiger partial charge is 0.490 e. The number of rotatable bonds is 3. The van der Waals surface area contributed by atoms with Gasteiger partial charge in [0, 0.05) is 11.3 Å². The van der Waals surface area contributed by atoms with E-state index in [9.17, 15) is 4.79 Å². The number of anilines is 1. The van der Waals surface area contributed by atoms with Gasteiger partial charge in [0.05, 0.1) is 24.8 Å². The van der Waals surface area contributed by atoms with Crippen LogP contribution in [0.4, 0.5) is 5.69 Å². The first-order chi connectivity index (χ1) is 11.2. The molecule has 3 rings (SSSR count). The second kappa shape index (κ2) is 6.41. The Morgan fingerprint density at radius 1 is 1.30 bits per heavy atom. The van der Waals surface area contributed by atoms with Gasteiger partial charge >= 0.3 is 0 Å². The number of para-hydroxylation sites is 1. The molecule has 1 amide bonds. The maximum absolute atomic E-state index is 12.4. The average Bonchev–Trinajstić information content (AvgIpc) is 2.75. The van der Waals surface area contributed by atoms with E-state index in [1.807, 2.05) is 31.2 Å². The fraction of sp³-hybridized carbons (Fsp3) is 0.222. The lowest BCUT2D eigenvalue weighted by Gasteiger charge is -2.20. The van der Waals surface area contributed by atoms with Crippen LogP contribution in [0.25, 0.3) is 0 Å². The molecule has 0 bridgehead atoms. The first-order valence-corrected chi connectivity index (χ1v) is 7.41. The smallest absolute Gasteiger partial charge is 0.265 e. The number of hydrogen-bond donors (Lipinski definition) is 0. The lowest BCUT2D eigenvalue weighted by molar-refractivity contribution is -0.120. The minimum atomic E-state index is -0.154. The predicted octanol–water partition coefficient (Wildman–Crippen LogP) is 2.88. The van der Waals surface area contributed by atoms with Crippen molar-refractivity contribution < 1.29 is 14.3 Å². The SMILES string of the molecule is CCOc1cccc2c1OCC(=O)N(c1cccc(C#N)c1)C2. The van der Waals surface area contributed by atoms with E-state index in [0.29, 0.717) is 35.9 Å². The van der Waals surface area contributed by atoms with Gasteiger partial charge in [-0.05, 0) is 31.2 Å². The van der Waals surface area contributed by atoms with Gasteiger partial charge in [-0.2, -0.15) is 5.26 Å². The Labute approximate surface area is 134 Å². The summed E-state index contributed by atoms with van der Waals surface area (Å²) in [6.07, 6.45) is 0. The number of carbonyl (C=O) groups excluding carboxylic acids is 1. The highest BCUT2D eigenvalue weighted by Crippen LogP contribution is 2.35. The number of ether oxygens (including phenoxy) is 2. The lowest BCUT2D eigenvalue weighted by Crippen LogP contribution is -2.32. The van der Waals surface area contributed by atoms with Gasteiger partial charge in [-0.1, -0.05) is 18.2 Å². The molecule has 0 radical (unpaired) electrons.